The third-order valence-corrected chi connectivity index (χ3v) is 1.13. The Morgan fingerprint density at radius 1 is 1.75 bits per heavy atom. The van der Waals surface area contributed by atoms with Crippen LogP contribution < -0.4 is 0 Å². The largest absolute Gasteiger partial charge is 0.494 e. The predicted octanol–water partition coefficient (Wildman–Crippen LogP) is 1.87. The molecule has 0 N–H and O–H groups in total. The maximum Gasteiger partial charge on any atom is 0.119 e. The van der Waals surface area contributed by atoms with Crippen LogP contribution in [0, 0.1) is 0 Å². The second kappa shape index (κ2) is 2.55. The molecule has 1 heterocycles. The fraction of sp³-hybridized carbons (Fsp3) is 0.429. The highest BCUT2D eigenvalue weighted by atomic mass is 16.5. The summed E-state index contributed by atoms with van der Waals surface area (Å²) in [4.78, 5) is 0. The summed E-state index contributed by atoms with van der Waals surface area (Å²) >= 11 is 0. The van der Waals surface area contributed by atoms with E-state index in [1.165, 1.54) is 0 Å². The first-order chi connectivity index (χ1) is 3.93. The molecule has 1 atom stereocenters. The Balaban J connectivity index is 2.30. The fourth-order valence-electron chi connectivity index (χ4n) is 0.740. The fourth-order valence-corrected chi connectivity index (χ4v) is 0.740. The molecule has 1 nitrogen and oxygen atoms in total. The van der Waals surface area contributed by atoms with Crippen molar-refractivity contribution in [1.82, 2.24) is 0 Å². The Morgan fingerprint density at radius 3 is 3.12 bits per heavy atom. The van der Waals surface area contributed by atoms with E-state index >= 15 is 0 Å². The number of hydrogen-bond donors (Lipinski definition) is 0. The molecule has 0 saturated carbocycles. The van der Waals surface area contributed by atoms with Crippen LogP contribution in [0.4, 0.5) is 0 Å². The molecule has 1 unspecified atom stereocenters. The summed E-state index contributed by atoms with van der Waals surface area (Å²) in [6, 6.07) is 0. The van der Waals surface area contributed by atoms with Crippen molar-refractivity contribution in [3.8, 4) is 0 Å². The summed E-state index contributed by atoms with van der Waals surface area (Å²) in [6.45, 7) is 2.00. The quantitative estimate of drug-likeness (QED) is 0.468. The van der Waals surface area contributed by atoms with E-state index in [4.69, 9.17) is 4.74 Å². The highest BCUT2D eigenvalue weighted by Gasteiger charge is 2.04. The van der Waals surface area contributed by atoms with E-state index in [2.05, 4.69) is 6.08 Å². The molecule has 1 heteroatoms. The lowest BCUT2D eigenvalue weighted by Crippen LogP contribution is -1.97. The molecule has 0 bridgehead atoms. The van der Waals surface area contributed by atoms with Gasteiger partial charge < -0.3 is 4.74 Å². The number of hydrogen-bond acceptors (Lipinski definition) is 1. The Morgan fingerprint density at radius 2 is 2.62 bits per heavy atom. The molecule has 0 aromatic carbocycles. The topological polar surface area (TPSA) is 9.23 Å². The second-order valence-electron chi connectivity index (χ2n) is 1.81. The minimum absolute atomic E-state index is 0.319. The zero-order valence-corrected chi connectivity index (χ0v) is 5.00. The van der Waals surface area contributed by atoms with Gasteiger partial charge in [-0.1, -0.05) is 6.08 Å². The maximum absolute atomic E-state index is 5.13. The van der Waals surface area contributed by atoms with Crippen molar-refractivity contribution in [1.29, 1.82) is 0 Å². The van der Waals surface area contributed by atoms with Gasteiger partial charge in [0, 0.05) is 6.42 Å². The number of allylic oxidation sites excluding steroid dienone is 1. The lowest BCUT2D eigenvalue weighted by atomic mass is 10.2. The third kappa shape index (κ3) is 1.12. The van der Waals surface area contributed by atoms with Crippen molar-refractivity contribution in [2.75, 3.05) is 0 Å². The van der Waals surface area contributed by atoms with Crippen LogP contribution in [-0.2, 0) is 4.74 Å². The third-order valence-electron chi connectivity index (χ3n) is 1.13. The van der Waals surface area contributed by atoms with Crippen LogP contribution in [0.25, 0.3) is 0 Å². The minimum atomic E-state index is 0.319. The van der Waals surface area contributed by atoms with E-state index < -0.39 is 0 Å². The van der Waals surface area contributed by atoms with Crippen molar-refractivity contribution in [2.24, 2.45) is 0 Å². The average molecular weight is 110 g/mol. The lowest BCUT2D eigenvalue weighted by molar-refractivity contribution is 0.214. The summed E-state index contributed by atoms with van der Waals surface area (Å²) in [6.07, 6.45) is 9.21. The summed E-state index contributed by atoms with van der Waals surface area (Å²) in [5, 5.41) is 0. The molecule has 1 aliphatic heterocycles. The number of rotatable bonds is 1. The van der Waals surface area contributed by atoms with E-state index in [0.29, 0.717) is 6.10 Å². The van der Waals surface area contributed by atoms with Gasteiger partial charge in [0.15, 0.2) is 0 Å². The molecule has 0 saturated heterocycles. The van der Waals surface area contributed by atoms with Crippen molar-refractivity contribution in [3.05, 3.63) is 24.5 Å². The smallest absolute Gasteiger partial charge is 0.119 e. The standard InChI is InChI=1S/C7H10O/c1-2-4-7-5-3-6-8-7/h2-4,6-7H,5H2,1H3/b4-2+. The molecule has 44 valence electrons. The monoisotopic (exact) mass is 110 g/mol. The molecule has 0 amide bonds. The van der Waals surface area contributed by atoms with Gasteiger partial charge in [-0.3, -0.25) is 0 Å². The van der Waals surface area contributed by atoms with Crippen LogP contribution in [0.2, 0.25) is 0 Å². The molecule has 0 spiro atoms. The van der Waals surface area contributed by atoms with Gasteiger partial charge in [0.1, 0.15) is 6.10 Å². The van der Waals surface area contributed by atoms with Crippen molar-refractivity contribution >= 4 is 0 Å². The normalized spacial score (nSPS) is 26.9. The highest BCUT2D eigenvalue weighted by Crippen LogP contribution is 2.08. The molecular formula is C7H10O. The first-order valence-corrected chi connectivity index (χ1v) is 2.87. The predicted molar refractivity (Wildman–Crippen MR) is 33.4 cm³/mol. The molecule has 0 fully saturated rings. The van der Waals surface area contributed by atoms with Gasteiger partial charge in [0.05, 0.1) is 6.26 Å². The molecule has 0 aliphatic carbocycles. The van der Waals surface area contributed by atoms with Crippen LogP contribution in [0.1, 0.15) is 13.3 Å². The van der Waals surface area contributed by atoms with Crippen LogP contribution >= 0.6 is 0 Å². The van der Waals surface area contributed by atoms with Crippen LogP contribution in [0.3, 0.4) is 0 Å². The van der Waals surface area contributed by atoms with Crippen LogP contribution in [0.5, 0.6) is 0 Å². The van der Waals surface area contributed by atoms with E-state index in [0.717, 1.165) is 6.42 Å². The van der Waals surface area contributed by atoms with E-state index in [9.17, 15) is 0 Å². The van der Waals surface area contributed by atoms with Gasteiger partial charge in [-0.05, 0) is 19.1 Å². The van der Waals surface area contributed by atoms with E-state index in [1.807, 2.05) is 19.1 Å². The molecule has 0 aromatic heterocycles. The van der Waals surface area contributed by atoms with Crippen molar-refractivity contribution in [3.63, 3.8) is 0 Å². The Hall–Kier alpha value is -0.720. The minimum Gasteiger partial charge on any atom is -0.494 e. The van der Waals surface area contributed by atoms with Gasteiger partial charge in [-0.25, -0.2) is 0 Å². The van der Waals surface area contributed by atoms with Gasteiger partial charge in [-0.15, -0.1) is 0 Å². The van der Waals surface area contributed by atoms with Crippen molar-refractivity contribution in [2.45, 2.75) is 19.4 Å². The summed E-state index contributed by atoms with van der Waals surface area (Å²) < 4.78 is 5.13. The summed E-state index contributed by atoms with van der Waals surface area (Å²) in [5.74, 6) is 0. The lowest BCUT2D eigenvalue weighted by Gasteiger charge is -2.00. The first kappa shape index (κ1) is 5.42. The molecule has 8 heavy (non-hydrogen) atoms. The second-order valence-corrected chi connectivity index (χ2v) is 1.81. The maximum atomic E-state index is 5.13. The van der Waals surface area contributed by atoms with Gasteiger partial charge in [-0.2, -0.15) is 0 Å². The zero-order valence-electron chi connectivity index (χ0n) is 5.00. The molecule has 1 rings (SSSR count). The SMILES string of the molecule is C/C=C/C1CC=CO1. The Labute approximate surface area is 49.7 Å². The van der Waals surface area contributed by atoms with E-state index in [-0.39, 0.29) is 0 Å². The van der Waals surface area contributed by atoms with Gasteiger partial charge in [0.2, 0.25) is 0 Å². The molecule has 0 radical (unpaired) electrons. The summed E-state index contributed by atoms with van der Waals surface area (Å²) in [7, 11) is 0. The average Bonchev–Trinajstić information content (AvgIpc) is 2.19. The van der Waals surface area contributed by atoms with Gasteiger partial charge >= 0.3 is 0 Å². The Bertz CT molecular complexity index is 106. The van der Waals surface area contributed by atoms with Crippen molar-refractivity contribution < 1.29 is 4.74 Å². The Kier molecular flexibility index (Phi) is 1.73. The zero-order chi connectivity index (χ0) is 5.82. The molecule has 1 aliphatic rings. The molecular weight excluding hydrogens is 100 g/mol. The summed E-state index contributed by atoms with van der Waals surface area (Å²) in [5.41, 5.74) is 0. The molecule has 0 aromatic rings. The highest BCUT2D eigenvalue weighted by molar-refractivity contribution is 4.97. The van der Waals surface area contributed by atoms with E-state index in [1.54, 1.807) is 6.26 Å². The first-order valence-electron chi connectivity index (χ1n) is 2.87. The number of ether oxygens (including phenoxy) is 1. The van der Waals surface area contributed by atoms with Crippen LogP contribution in [0.15, 0.2) is 24.5 Å². The van der Waals surface area contributed by atoms with Gasteiger partial charge in [0.25, 0.3) is 0 Å². The van der Waals surface area contributed by atoms with Crippen LogP contribution in [-0.4, -0.2) is 6.10 Å².